The second-order valence-electron chi connectivity index (χ2n) is 9.92. The van der Waals surface area contributed by atoms with Crippen molar-refractivity contribution in [3.05, 3.63) is 70.3 Å². The molecular weight excluding hydrogens is 478 g/mol. The summed E-state index contributed by atoms with van der Waals surface area (Å²) in [7, 11) is 2.10. The van der Waals surface area contributed by atoms with E-state index >= 15 is 0 Å². The molecule has 0 radical (unpaired) electrons. The Bertz CT molecular complexity index is 1580. The Labute approximate surface area is 211 Å². The number of nitrogens with zero attached hydrogens (tertiary/aromatic N) is 4. The van der Waals surface area contributed by atoms with Gasteiger partial charge in [-0.15, -0.1) is 0 Å². The predicted octanol–water partition coefficient (Wildman–Crippen LogP) is 3.34. The molecule has 10 heteroatoms. The zero-order valence-corrected chi connectivity index (χ0v) is 20.5. The number of likely N-dealkylation sites (N-methyl/N-ethyl adjacent to an activating group) is 1. The van der Waals surface area contributed by atoms with Crippen molar-refractivity contribution in [1.29, 1.82) is 0 Å². The highest BCUT2D eigenvalue weighted by Gasteiger charge is 2.46. The lowest BCUT2D eigenvalue weighted by Gasteiger charge is -2.54. The molecule has 0 unspecified atom stereocenters. The molecule has 8 nitrogen and oxygen atoms in total. The van der Waals surface area contributed by atoms with Crippen LogP contribution in [0.4, 0.5) is 20.3 Å². The maximum atomic E-state index is 14.9. The lowest BCUT2D eigenvalue weighted by Crippen LogP contribution is -2.70. The number of anilines is 2. The lowest BCUT2D eigenvalue weighted by atomic mass is 9.91. The molecule has 2 saturated heterocycles. The van der Waals surface area contributed by atoms with Crippen molar-refractivity contribution >= 4 is 22.3 Å². The Morgan fingerprint density at radius 3 is 2.46 bits per heavy atom. The molecule has 1 spiro atoms. The highest BCUT2D eigenvalue weighted by atomic mass is 19.1. The van der Waals surface area contributed by atoms with Crippen LogP contribution in [0.1, 0.15) is 5.69 Å². The molecule has 0 amide bonds. The molecule has 2 aliphatic heterocycles. The van der Waals surface area contributed by atoms with E-state index in [1.54, 1.807) is 18.2 Å². The molecule has 2 aromatic carbocycles. The number of nitrogens with one attached hydrogen (secondary N) is 1. The second-order valence-corrected chi connectivity index (χ2v) is 9.92. The molecule has 0 bridgehead atoms. The van der Waals surface area contributed by atoms with Gasteiger partial charge in [0.2, 0.25) is 5.95 Å². The third kappa shape index (κ3) is 4.02. The summed E-state index contributed by atoms with van der Waals surface area (Å²) in [5.41, 5.74) is 7.86. The summed E-state index contributed by atoms with van der Waals surface area (Å²) in [6.07, 6.45) is 0. The number of aromatic nitrogens is 3. The molecule has 4 heterocycles. The number of hydrogen-bond donors (Lipinski definition) is 2. The van der Waals surface area contributed by atoms with E-state index in [1.807, 2.05) is 12.1 Å². The number of H-pyrrole nitrogens is 1. The molecule has 6 rings (SSSR count). The van der Waals surface area contributed by atoms with Crippen molar-refractivity contribution in [1.82, 2.24) is 19.9 Å². The number of pyridine rings is 1. The first-order valence-electron chi connectivity index (χ1n) is 12.1. The van der Waals surface area contributed by atoms with Gasteiger partial charge < -0.3 is 25.3 Å². The summed E-state index contributed by atoms with van der Waals surface area (Å²) >= 11 is 0. The molecule has 0 aliphatic carbocycles. The predicted molar refractivity (Wildman–Crippen MR) is 138 cm³/mol. The molecule has 37 heavy (non-hydrogen) atoms. The van der Waals surface area contributed by atoms with Crippen LogP contribution < -0.4 is 16.2 Å². The highest BCUT2D eigenvalue weighted by molar-refractivity contribution is 5.88. The van der Waals surface area contributed by atoms with E-state index < -0.39 is 17.3 Å². The van der Waals surface area contributed by atoms with Crippen molar-refractivity contribution in [2.75, 3.05) is 50.5 Å². The lowest BCUT2D eigenvalue weighted by molar-refractivity contribution is -0.117. The minimum Gasteiger partial charge on any atom is -0.382 e. The fourth-order valence-corrected chi connectivity index (χ4v) is 5.28. The second kappa shape index (κ2) is 8.60. The molecule has 4 aromatic rings. The van der Waals surface area contributed by atoms with Crippen molar-refractivity contribution in [3.8, 4) is 22.5 Å². The molecule has 2 aromatic heterocycles. The maximum absolute atomic E-state index is 14.9. The van der Waals surface area contributed by atoms with Crippen molar-refractivity contribution in [2.45, 2.75) is 12.5 Å². The average molecular weight is 505 g/mol. The number of fused-ring (bicyclic) bond motifs is 1. The van der Waals surface area contributed by atoms with E-state index in [0.29, 0.717) is 11.1 Å². The number of aryl methyl sites for hydroxylation is 1. The van der Waals surface area contributed by atoms with Gasteiger partial charge >= 0.3 is 0 Å². The molecule has 2 aliphatic rings. The topological polar surface area (TPSA) is 100 Å². The minimum absolute atomic E-state index is 0.0377. The van der Waals surface area contributed by atoms with Gasteiger partial charge in [-0.3, -0.25) is 4.79 Å². The quantitative estimate of drug-likeness (QED) is 0.441. The molecule has 2 fully saturated rings. The summed E-state index contributed by atoms with van der Waals surface area (Å²) in [6.45, 7) is 5.68. The first kappa shape index (κ1) is 23.5. The number of aromatic amines is 1. The summed E-state index contributed by atoms with van der Waals surface area (Å²) in [5, 5.41) is 0.338. The Kier molecular flexibility index (Phi) is 5.46. The van der Waals surface area contributed by atoms with Crippen LogP contribution in [-0.4, -0.2) is 65.3 Å². The minimum atomic E-state index is -0.796. The van der Waals surface area contributed by atoms with Crippen LogP contribution in [0.15, 0.2) is 47.3 Å². The number of morpholine rings is 1. The standard InChI is InChI=1S/C27H26F2N6O2/c1-15-21(28)20-11-17(5-8-19(20)26(36)31-15)23-25(30)33-24(29)22(32-23)16-3-6-18(7-4-16)35-13-27(14-35)12-34(2)9-10-37-27/h3-8,11H,9-10,12-14H2,1-2H3,(H2,30,33)(H,31,36). The largest absolute Gasteiger partial charge is 0.382 e. The van der Waals surface area contributed by atoms with Crippen LogP contribution in [0.2, 0.25) is 0 Å². The third-order valence-corrected chi connectivity index (χ3v) is 7.19. The smallest absolute Gasteiger partial charge is 0.256 e. The number of ether oxygens (including phenoxy) is 1. The van der Waals surface area contributed by atoms with E-state index in [-0.39, 0.29) is 39.3 Å². The van der Waals surface area contributed by atoms with Gasteiger partial charge in [-0.05, 0) is 38.2 Å². The SMILES string of the molecule is Cc1[nH]c(=O)c2ccc(-c3nc(-c4ccc(N5CC6(CN(C)CCO6)C5)cc4)c(F)nc3N)cc2c1F. The van der Waals surface area contributed by atoms with E-state index in [9.17, 15) is 13.6 Å². The summed E-state index contributed by atoms with van der Waals surface area (Å²) in [6, 6.07) is 12.0. The highest BCUT2D eigenvalue weighted by Crippen LogP contribution is 2.35. The van der Waals surface area contributed by atoms with E-state index in [4.69, 9.17) is 10.5 Å². The van der Waals surface area contributed by atoms with Crippen LogP contribution in [-0.2, 0) is 4.74 Å². The van der Waals surface area contributed by atoms with Crippen molar-refractivity contribution in [2.24, 2.45) is 0 Å². The zero-order chi connectivity index (χ0) is 25.9. The molecule has 3 N–H and O–H groups in total. The normalized spacial score (nSPS) is 17.4. The van der Waals surface area contributed by atoms with E-state index in [2.05, 4.69) is 31.8 Å². The van der Waals surface area contributed by atoms with Gasteiger partial charge in [-0.1, -0.05) is 18.2 Å². The van der Waals surface area contributed by atoms with Gasteiger partial charge in [0.15, 0.2) is 5.82 Å². The Balaban J connectivity index is 1.31. The Morgan fingerprint density at radius 2 is 1.73 bits per heavy atom. The van der Waals surface area contributed by atoms with Gasteiger partial charge in [0, 0.05) is 40.7 Å². The van der Waals surface area contributed by atoms with Gasteiger partial charge in [0.1, 0.15) is 22.8 Å². The first-order valence-corrected chi connectivity index (χ1v) is 12.1. The van der Waals surface area contributed by atoms with Crippen LogP contribution in [0, 0.1) is 18.7 Å². The number of halogens is 2. The number of rotatable bonds is 3. The average Bonchev–Trinajstić information content (AvgIpc) is 2.86. The summed E-state index contributed by atoms with van der Waals surface area (Å²) in [4.78, 5) is 27.6. The van der Waals surface area contributed by atoms with Gasteiger partial charge in [-0.25, -0.2) is 9.37 Å². The number of nitrogens with two attached hydrogens (primary N) is 1. The zero-order valence-electron chi connectivity index (χ0n) is 20.5. The van der Waals surface area contributed by atoms with Gasteiger partial charge in [-0.2, -0.15) is 9.37 Å². The fraction of sp³-hybridized carbons (Fsp3) is 0.296. The van der Waals surface area contributed by atoms with Crippen LogP contribution >= 0.6 is 0 Å². The maximum Gasteiger partial charge on any atom is 0.256 e. The van der Waals surface area contributed by atoms with E-state index in [1.165, 1.54) is 19.1 Å². The number of benzene rings is 2. The number of hydrogen-bond acceptors (Lipinski definition) is 7. The monoisotopic (exact) mass is 504 g/mol. The third-order valence-electron chi connectivity index (χ3n) is 7.19. The molecule has 190 valence electrons. The molecular formula is C27H26F2N6O2. The van der Waals surface area contributed by atoms with Gasteiger partial charge in [0.25, 0.3) is 5.56 Å². The molecule has 0 saturated carbocycles. The molecule has 0 atom stereocenters. The Morgan fingerprint density at radius 1 is 1.00 bits per heavy atom. The Hall–Kier alpha value is -3.89. The van der Waals surface area contributed by atoms with Gasteiger partial charge in [0.05, 0.1) is 25.4 Å². The first-order chi connectivity index (χ1) is 17.7. The summed E-state index contributed by atoms with van der Waals surface area (Å²) < 4.78 is 35.7. The van der Waals surface area contributed by atoms with Crippen molar-refractivity contribution in [3.63, 3.8) is 0 Å². The van der Waals surface area contributed by atoms with Crippen molar-refractivity contribution < 1.29 is 13.5 Å². The van der Waals surface area contributed by atoms with Crippen LogP contribution in [0.3, 0.4) is 0 Å². The number of nitrogen functional groups attached to an aromatic ring is 1. The van der Waals surface area contributed by atoms with Crippen LogP contribution in [0.5, 0.6) is 0 Å². The summed E-state index contributed by atoms with van der Waals surface area (Å²) in [5.74, 6) is -1.46. The fourth-order valence-electron chi connectivity index (χ4n) is 5.28. The van der Waals surface area contributed by atoms with E-state index in [0.717, 1.165) is 38.5 Å². The van der Waals surface area contributed by atoms with Crippen LogP contribution in [0.25, 0.3) is 33.3 Å².